The van der Waals surface area contributed by atoms with Crippen molar-refractivity contribution in [3.05, 3.63) is 23.5 Å². The Morgan fingerprint density at radius 1 is 1.31 bits per heavy atom. The Bertz CT molecular complexity index is 1050. The number of aryl methyl sites for hydroxylation is 2. The van der Waals surface area contributed by atoms with Crippen molar-refractivity contribution in [3.8, 4) is 0 Å². The standard InChI is InChI=1S/C23H31N5O4/c1-3-28-21-19(14(2)26-28)20(25-16-6-10-31-11-7-16)17(13-24-21)18-12-23(32-27-18)8-4-15(5-9-23)22(29)30/h12-13,15-16,27H,3-11H2,1-2H3,(H,24,25)(H,29,30). The number of fused-ring (bicyclic) bond motifs is 1. The Morgan fingerprint density at radius 2 is 2.06 bits per heavy atom. The monoisotopic (exact) mass is 441 g/mol. The fraction of sp³-hybridized carbons (Fsp3) is 0.609. The molecule has 9 heteroatoms. The van der Waals surface area contributed by atoms with Crippen molar-refractivity contribution in [1.82, 2.24) is 20.2 Å². The summed E-state index contributed by atoms with van der Waals surface area (Å²) in [6.45, 7) is 6.36. The van der Waals surface area contributed by atoms with E-state index in [2.05, 4.69) is 23.8 Å². The number of carboxylic acid groups (broad SMARTS) is 1. The lowest BCUT2D eigenvalue weighted by Gasteiger charge is -2.32. The van der Waals surface area contributed by atoms with Gasteiger partial charge in [0.05, 0.1) is 28.4 Å². The number of carboxylic acids is 1. The average molecular weight is 442 g/mol. The van der Waals surface area contributed by atoms with Gasteiger partial charge in [0.15, 0.2) is 5.65 Å². The minimum Gasteiger partial charge on any atom is -0.481 e. The molecule has 0 unspecified atom stereocenters. The maximum atomic E-state index is 11.4. The maximum absolute atomic E-state index is 11.4. The van der Waals surface area contributed by atoms with Gasteiger partial charge in [0.2, 0.25) is 0 Å². The summed E-state index contributed by atoms with van der Waals surface area (Å²) in [5, 5.41) is 18.8. The summed E-state index contributed by atoms with van der Waals surface area (Å²) < 4.78 is 7.48. The third-order valence-electron chi connectivity index (χ3n) is 7.05. The molecule has 5 rings (SSSR count). The van der Waals surface area contributed by atoms with Gasteiger partial charge in [0.25, 0.3) is 0 Å². The molecule has 0 aromatic carbocycles. The van der Waals surface area contributed by atoms with Gasteiger partial charge in [-0.05, 0) is 58.4 Å². The number of nitrogens with zero attached hydrogens (tertiary/aromatic N) is 3. The van der Waals surface area contributed by atoms with Gasteiger partial charge in [-0.2, -0.15) is 5.10 Å². The molecule has 0 radical (unpaired) electrons. The lowest BCUT2D eigenvalue weighted by Crippen LogP contribution is -2.36. The van der Waals surface area contributed by atoms with Crippen LogP contribution in [0.3, 0.4) is 0 Å². The van der Waals surface area contributed by atoms with Gasteiger partial charge >= 0.3 is 5.97 Å². The van der Waals surface area contributed by atoms with Gasteiger partial charge < -0.3 is 15.2 Å². The average Bonchev–Trinajstić information content (AvgIpc) is 3.36. The fourth-order valence-electron chi connectivity index (χ4n) is 5.15. The Morgan fingerprint density at radius 3 is 2.75 bits per heavy atom. The SMILES string of the molecule is CCn1nc(C)c2c(NC3CCOCC3)c(C3=CC4(CCC(C(=O)O)CC4)ON3)cnc21. The van der Waals surface area contributed by atoms with Crippen LogP contribution >= 0.6 is 0 Å². The molecule has 1 spiro atoms. The molecule has 1 saturated heterocycles. The van der Waals surface area contributed by atoms with E-state index in [-0.39, 0.29) is 5.92 Å². The largest absolute Gasteiger partial charge is 0.481 e. The number of rotatable bonds is 5. The van der Waals surface area contributed by atoms with Crippen LogP contribution in [0.15, 0.2) is 12.3 Å². The number of ether oxygens (including phenoxy) is 1. The van der Waals surface area contributed by atoms with Crippen molar-refractivity contribution in [2.75, 3.05) is 18.5 Å². The molecular formula is C23H31N5O4. The van der Waals surface area contributed by atoms with Gasteiger partial charge in [0.1, 0.15) is 5.60 Å². The maximum Gasteiger partial charge on any atom is 0.306 e. The third-order valence-corrected chi connectivity index (χ3v) is 7.05. The molecule has 3 aliphatic rings. The first kappa shape index (κ1) is 21.2. The fourth-order valence-corrected chi connectivity index (χ4v) is 5.15. The third kappa shape index (κ3) is 3.73. The van der Waals surface area contributed by atoms with Gasteiger partial charge in [-0.25, -0.2) is 9.67 Å². The molecule has 2 aliphatic heterocycles. The Balaban J connectivity index is 1.52. The Hall–Kier alpha value is -2.65. The number of pyridine rings is 1. The summed E-state index contributed by atoms with van der Waals surface area (Å²) in [5.74, 6) is -0.996. The molecule has 4 heterocycles. The quantitative estimate of drug-likeness (QED) is 0.649. The highest BCUT2D eigenvalue weighted by Crippen LogP contribution is 2.42. The summed E-state index contributed by atoms with van der Waals surface area (Å²) in [5.41, 5.74) is 7.36. The predicted molar refractivity (Wildman–Crippen MR) is 120 cm³/mol. The van der Waals surface area contributed by atoms with Crippen LogP contribution in [0, 0.1) is 12.8 Å². The van der Waals surface area contributed by atoms with Crippen molar-refractivity contribution >= 4 is 28.4 Å². The second kappa shape index (κ2) is 8.37. The molecule has 32 heavy (non-hydrogen) atoms. The van der Waals surface area contributed by atoms with E-state index in [1.165, 1.54) is 0 Å². The molecule has 172 valence electrons. The van der Waals surface area contributed by atoms with Crippen LogP contribution in [-0.2, 0) is 20.9 Å². The van der Waals surface area contributed by atoms with Crippen molar-refractivity contribution in [1.29, 1.82) is 0 Å². The van der Waals surface area contributed by atoms with Crippen molar-refractivity contribution in [2.24, 2.45) is 5.92 Å². The number of hydroxylamine groups is 1. The van der Waals surface area contributed by atoms with Crippen molar-refractivity contribution in [2.45, 2.75) is 70.6 Å². The van der Waals surface area contributed by atoms with E-state index in [1.54, 1.807) is 0 Å². The molecule has 1 aliphatic carbocycles. The van der Waals surface area contributed by atoms with E-state index < -0.39 is 11.6 Å². The van der Waals surface area contributed by atoms with Gasteiger partial charge in [0, 0.05) is 37.6 Å². The zero-order chi connectivity index (χ0) is 22.3. The smallest absolute Gasteiger partial charge is 0.306 e. The summed E-state index contributed by atoms with van der Waals surface area (Å²) >= 11 is 0. The van der Waals surface area contributed by atoms with E-state index >= 15 is 0 Å². The number of aliphatic carboxylic acids is 1. The minimum atomic E-state index is -0.712. The van der Waals surface area contributed by atoms with E-state index in [1.807, 2.05) is 17.8 Å². The number of aromatic nitrogens is 3. The zero-order valence-electron chi connectivity index (χ0n) is 18.7. The molecule has 0 amide bonds. The van der Waals surface area contributed by atoms with E-state index in [0.29, 0.717) is 31.7 Å². The molecule has 0 bridgehead atoms. The van der Waals surface area contributed by atoms with Crippen LogP contribution in [0.2, 0.25) is 0 Å². The van der Waals surface area contributed by atoms with Crippen LogP contribution in [0.25, 0.3) is 16.7 Å². The molecule has 2 aromatic rings. The Labute approximate surface area is 187 Å². The first-order valence-electron chi connectivity index (χ1n) is 11.6. The second-order valence-corrected chi connectivity index (χ2v) is 9.12. The number of carbonyl (C=O) groups is 1. The lowest BCUT2D eigenvalue weighted by molar-refractivity contribution is -0.145. The van der Waals surface area contributed by atoms with Crippen LogP contribution in [-0.4, -0.2) is 50.7 Å². The van der Waals surface area contributed by atoms with Gasteiger partial charge in [-0.3, -0.25) is 15.1 Å². The van der Waals surface area contributed by atoms with Crippen molar-refractivity contribution in [3.63, 3.8) is 0 Å². The molecule has 2 fully saturated rings. The zero-order valence-corrected chi connectivity index (χ0v) is 18.7. The van der Waals surface area contributed by atoms with Crippen molar-refractivity contribution < 1.29 is 19.5 Å². The van der Waals surface area contributed by atoms with E-state index in [4.69, 9.17) is 19.7 Å². The number of nitrogens with one attached hydrogen (secondary N) is 2. The summed E-state index contributed by atoms with van der Waals surface area (Å²) in [4.78, 5) is 22.2. The molecule has 0 atom stereocenters. The summed E-state index contributed by atoms with van der Waals surface area (Å²) in [6.07, 6.45) is 8.53. The highest BCUT2D eigenvalue weighted by Gasteiger charge is 2.41. The number of anilines is 1. The van der Waals surface area contributed by atoms with Gasteiger partial charge in [-0.15, -0.1) is 0 Å². The highest BCUT2D eigenvalue weighted by atomic mass is 16.7. The van der Waals surface area contributed by atoms with E-state index in [0.717, 1.165) is 66.3 Å². The Kier molecular flexibility index (Phi) is 5.54. The molecular weight excluding hydrogens is 410 g/mol. The molecule has 9 nitrogen and oxygen atoms in total. The van der Waals surface area contributed by atoms with Crippen LogP contribution < -0.4 is 10.8 Å². The lowest BCUT2D eigenvalue weighted by atomic mass is 9.78. The predicted octanol–water partition coefficient (Wildman–Crippen LogP) is 3.24. The van der Waals surface area contributed by atoms with Gasteiger partial charge in [-0.1, -0.05) is 0 Å². The summed E-state index contributed by atoms with van der Waals surface area (Å²) in [6, 6.07) is 0.320. The molecule has 1 saturated carbocycles. The first-order chi connectivity index (χ1) is 15.5. The highest BCUT2D eigenvalue weighted by molar-refractivity contribution is 5.97. The number of hydrogen-bond acceptors (Lipinski definition) is 7. The van der Waals surface area contributed by atoms with Crippen LogP contribution in [0.1, 0.15) is 56.7 Å². The first-order valence-corrected chi connectivity index (χ1v) is 11.6. The normalized spacial score (nSPS) is 26.3. The van der Waals surface area contributed by atoms with Crippen LogP contribution in [0.4, 0.5) is 5.69 Å². The molecule has 2 aromatic heterocycles. The summed E-state index contributed by atoms with van der Waals surface area (Å²) in [7, 11) is 0. The van der Waals surface area contributed by atoms with Crippen LogP contribution in [0.5, 0.6) is 0 Å². The second-order valence-electron chi connectivity index (χ2n) is 9.12. The minimum absolute atomic E-state index is 0.284. The topological polar surface area (TPSA) is 111 Å². The molecule has 3 N–H and O–H groups in total. The number of hydrogen-bond donors (Lipinski definition) is 3. The van der Waals surface area contributed by atoms with E-state index in [9.17, 15) is 9.90 Å².